The molecular weight excluding hydrogens is 436 g/mol. The summed E-state index contributed by atoms with van der Waals surface area (Å²) in [5.74, 6) is -2.00. The molecule has 0 saturated carbocycles. The summed E-state index contributed by atoms with van der Waals surface area (Å²) in [4.78, 5) is 27.0. The maximum absolute atomic E-state index is 13.2. The van der Waals surface area contributed by atoms with Gasteiger partial charge in [0.15, 0.2) is 9.84 Å². The number of sulfone groups is 1. The van der Waals surface area contributed by atoms with Gasteiger partial charge in [0.1, 0.15) is 5.92 Å². The number of carbonyl (C=O) groups is 2. The van der Waals surface area contributed by atoms with Gasteiger partial charge in [-0.15, -0.1) is 0 Å². The molecule has 0 spiro atoms. The highest BCUT2D eigenvalue weighted by atomic mass is 32.2. The van der Waals surface area contributed by atoms with Crippen molar-refractivity contribution < 1.29 is 18.0 Å². The van der Waals surface area contributed by atoms with E-state index in [0.29, 0.717) is 12.1 Å². The van der Waals surface area contributed by atoms with Crippen molar-refractivity contribution in [2.75, 3.05) is 22.2 Å². The van der Waals surface area contributed by atoms with E-state index in [0.717, 1.165) is 11.8 Å². The fraction of sp³-hybridized carbons (Fsp3) is 0.429. The molecule has 1 fully saturated rings. The highest BCUT2D eigenvalue weighted by Gasteiger charge is 2.45. The second-order valence-electron chi connectivity index (χ2n) is 8.03. The Bertz CT molecular complexity index is 1110. The molecule has 0 radical (unpaired) electrons. The number of benzene rings is 1. The number of rotatable bonds is 5. The Balaban J connectivity index is 1.86. The molecule has 162 valence electrons. The predicted octanol–water partition coefficient (Wildman–Crippen LogP) is 1.97. The molecule has 0 unspecified atom stereocenters. The van der Waals surface area contributed by atoms with Crippen molar-refractivity contribution >= 4 is 39.1 Å². The smallest absolute Gasteiger partial charge is 0.243 e. The van der Waals surface area contributed by atoms with Crippen molar-refractivity contribution in [1.29, 1.82) is 10.5 Å². The van der Waals surface area contributed by atoms with Crippen LogP contribution in [-0.4, -0.2) is 43.5 Å². The summed E-state index contributed by atoms with van der Waals surface area (Å²) in [7, 11) is -3.20. The Morgan fingerprint density at radius 3 is 2.52 bits per heavy atom. The van der Waals surface area contributed by atoms with Crippen LogP contribution in [0, 0.1) is 34.0 Å². The van der Waals surface area contributed by atoms with E-state index in [9.17, 15) is 28.5 Å². The Hall–Kier alpha value is -2.82. The molecule has 0 bridgehead atoms. The van der Waals surface area contributed by atoms with E-state index >= 15 is 0 Å². The lowest BCUT2D eigenvalue weighted by atomic mass is 9.72. The number of thioether (sulfide) groups is 1. The van der Waals surface area contributed by atoms with Crippen molar-refractivity contribution in [2.24, 2.45) is 11.3 Å². The lowest BCUT2D eigenvalue weighted by Crippen LogP contribution is -2.45. The molecule has 31 heavy (non-hydrogen) atoms. The van der Waals surface area contributed by atoms with Gasteiger partial charge in [0.2, 0.25) is 11.8 Å². The van der Waals surface area contributed by atoms with Gasteiger partial charge in [0.05, 0.1) is 46.0 Å². The molecular formula is C21H22N4O4S2. The highest BCUT2D eigenvalue weighted by molar-refractivity contribution is 8.03. The van der Waals surface area contributed by atoms with Crippen molar-refractivity contribution in [1.82, 2.24) is 5.32 Å². The van der Waals surface area contributed by atoms with Crippen LogP contribution in [0.3, 0.4) is 0 Å². The number of nitrogens with one attached hydrogen (secondary N) is 1. The van der Waals surface area contributed by atoms with Gasteiger partial charge >= 0.3 is 0 Å². The van der Waals surface area contributed by atoms with Crippen LogP contribution in [0.25, 0.3) is 0 Å². The van der Waals surface area contributed by atoms with Gasteiger partial charge in [-0.25, -0.2) is 8.42 Å². The summed E-state index contributed by atoms with van der Waals surface area (Å²) in [5.41, 5.74) is -0.149. The average molecular weight is 459 g/mol. The van der Waals surface area contributed by atoms with Gasteiger partial charge in [-0.1, -0.05) is 43.8 Å². The third-order valence-corrected chi connectivity index (χ3v) is 8.29. The van der Waals surface area contributed by atoms with Crippen LogP contribution in [0.15, 0.2) is 40.9 Å². The number of anilines is 1. The first-order valence-electron chi connectivity index (χ1n) is 9.66. The van der Waals surface area contributed by atoms with Crippen molar-refractivity contribution in [3.63, 3.8) is 0 Å². The number of hydrogen-bond donors (Lipinski definition) is 1. The molecule has 0 aliphatic carbocycles. The number of nitriles is 2. The molecule has 1 saturated heterocycles. The molecule has 1 aromatic rings. The van der Waals surface area contributed by atoms with Gasteiger partial charge < -0.3 is 10.2 Å². The third-order valence-electron chi connectivity index (χ3n) is 5.55. The zero-order valence-corrected chi connectivity index (χ0v) is 18.8. The summed E-state index contributed by atoms with van der Waals surface area (Å²) < 4.78 is 24.0. The summed E-state index contributed by atoms with van der Waals surface area (Å²) in [5, 5.41) is 21.8. The molecule has 2 atom stereocenters. The molecule has 2 aliphatic heterocycles. The van der Waals surface area contributed by atoms with Gasteiger partial charge in [0, 0.05) is 11.1 Å². The van der Waals surface area contributed by atoms with Crippen LogP contribution in [0.1, 0.15) is 20.3 Å². The number of carbonyl (C=O) groups excluding carboxylic acids is 2. The molecule has 10 heteroatoms. The molecule has 3 rings (SSSR count). The maximum Gasteiger partial charge on any atom is 0.243 e. The summed E-state index contributed by atoms with van der Waals surface area (Å²) in [6, 6.07) is 12.4. The third kappa shape index (κ3) is 4.60. The Morgan fingerprint density at radius 2 is 1.97 bits per heavy atom. The van der Waals surface area contributed by atoms with Crippen LogP contribution in [0.5, 0.6) is 0 Å². The fourth-order valence-electron chi connectivity index (χ4n) is 3.86. The van der Waals surface area contributed by atoms with Crippen LogP contribution in [0.2, 0.25) is 0 Å². The second-order valence-corrected chi connectivity index (χ2v) is 11.2. The first-order valence-corrected chi connectivity index (χ1v) is 12.5. The first kappa shape index (κ1) is 22.9. The Kier molecular flexibility index (Phi) is 6.44. The number of hydrogen-bond acceptors (Lipinski definition) is 7. The maximum atomic E-state index is 13.2. The molecule has 2 amide bonds. The van der Waals surface area contributed by atoms with E-state index in [4.69, 9.17) is 0 Å². The zero-order valence-electron chi connectivity index (χ0n) is 17.2. The minimum absolute atomic E-state index is 0.0327. The molecule has 8 nitrogen and oxygen atoms in total. The van der Waals surface area contributed by atoms with E-state index in [1.807, 2.05) is 12.1 Å². The van der Waals surface area contributed by atoms with Crippen molar-refractivity contribution in [2.45, 2.75) is 26.3 Å². The number of para-hydroxylation sites is 1. The summed E-state index contributed by atoms with van der Waals surface area (Å²) in [6.07, 6.45) is 0.355. The van der Waals surface area contributed by atoms with Gasteiger partial charge in [-0.2, -0.15) is 10.5 Å². The van der Waals surface area contributed by atoms with Crippen LogP contribution >= 0.6 is 11.8 Å². The number of nitrogens with zero attached hydrogens (tertiary/aromatic N) is 3. The summed E-state index contributed by atoms with van der Waals surface area (Å²) >= 11 is 1.01. The molecule has 1 N–H and O–H groups in total. The zero-order chi connectivity index (χ0) is 22.8. The fourth-order valence-corrected chi connectivity index (χ4v) is 6.60. The van der Waals surface area contributed by atoms with Crippen LogP contribution in [-0.2, 0) is 19.4 Å². The topological polar surface area (TPSA) is 131 Å². The van der Waals surface area contributed by atoms with Crippen LogP contribution < -0.4 is 10.2 Å². The normalized spacial score (nSPS) is 24.1. The SMILES string of the molecule is CC1(C)C(C#N)=C(SCC(=O)N(c2ccccc2)[C@H]2CCS(=O)(=O)C2)NC(=O)[C@@H]1C#N. The molecule has 2 aliphatic rings. The van der Waals surface area contributed by atoms with E-state index in [1.54, 1.807) is 38.1 Å². The standard InChI is InChI=1S/C21H22N4O4S2/c1-21(2)16(10-22)19(27)24-20(17(21)11-23)30-12-18(26)25(14-6-4-3-5-7-14)15-8-9-31(28,29)13-15/h3-7,15-16H,8-9,12-13H2,1-2H3,(H,24,27)/t15-,16-/m0/s1. The minimum Gasteiger partial charge on any atom is -0.319 e. The Labute approximate surface area is 185 Å². The van der Waals surface area contributed by atoms with E-state index in [1.165, 1.54) is 4.90 Å². The highest BCUT2D eigenvalue weighted by Crippen LogP contribution is 2.42. The largest absolute Gasteiger partial charge is 0.319 e. The predicted molar refractivity (Wildman–Crippen MR) is 117 cm³/mol. The van der Waals surface area contributed by atoms with Crippen LogP contribution in [0.4, 0.5) is 5.69 Å². The minimum atomic E-state index is -3.20. The monoisotopic (exact) mass is 458 g/mol. The van der Waals surface area contributed by atoms with Crippen molar-refractivity contribution in [3.8, 4) is 12.1 Å². The Morgan fingerprint density at radius 1 is 1.29 bits per heavy atom. The van der Waals surface area contributed by atoms with E-state index in [-0.39, 0.29) is 33.8 Å². The second kappa shape index (κ2) is 8.74. The van der Waals surface area contributed by atoms with E-state index in [2.05, 4.69) is 11.4 Å². The average Bonchev–Trinajstić information content (AvgIpc) is 3.06. The number of amides is 2. The summed E-state index contributed by atoms with van der Waals surface area (Å²) in [6.45, 7) is 3.31. The molecule has 2 heterocycles. The lowest BCUT2D eigenvalue weighted by molar-refractivity contribution is -0.125. The quantitative estimate of drug-likeness (QED) is 0.713. The first-order chi connectivity index (χ1) is 14.6. The number of allylic oxidation sites excluding steroid dienone is 1. The van der Waals surface area contributed by atoms with Gasteiger partial charge in [-0.05, 0) is 18.6 Å². The van der Waals surface area contributed by atoms with Crippen molar-refractivity contribution in [3.05, 3.63) is 40.9 Å². The van der Waals surface area contributed by atoms with Gasteiger partial charge in [0.25, 0.3) is 0 Å². The molecule has 0 aromatic heterocycles. The van der Waals surface area contributed by atoms with Gasteiger partial charge in [-0.3, -0.25) is 9.59 Å². The lowest BCUT2D eigenvalue weighted by Gasteiger charge is -2.34. The van der Waals surface area contributed by atoms with E-state index < -0.39 is 33.1 Å². The molecule has 1 aromatic carbocycles.